The van der Waals surface area contributed by atoms with Crippen molar-refractivity contribution in [3.63, 3.8) is 0 Å². The maximum atomic E-state index is 10.3. The number of ether oxygens (including phenoxy) is 1. The Morgan fingerprint density at radius 1 is 1.70 bits per heavy atom. The monoisotopic (exact) mass is 142 g/mol. The van der Waals surface area contributed by atoms with Crippen molar-refractivity contribution in [2.24, 2.45) is 0 Å². The lowest BCUT2D eigenvalue weighted by Crippen LogP contribution is -1.99. The first-order valence-corrected chi connectivity index (χ1v) is 2.63. The molecular formula is C6H6O4. The first-order valence-electron chi connectivity index (χ1n) is 2.63. The van der Waals surface area contributed by atoms with Gasteiger partial charge in [-0.15, -0.1) is 0 Å². The molecule has 0 saturated heterocycles. The van der Waals surface area contributed by atoms with Crippen LogP contribution in [0.25, 0.3) is 0 Å². The summed E-state index contributed by atoms with van der Waals surface area (Å²) in [6.45, 7) is 1.24. The van der Waals surface area contributed by atoms with E-state index in [-0.39, 0.29) is 11.5 Å². The lowest BCUT2D eigenvalue weighted by molar-refractivity contribution is -0.132. The molecule has 0 aliphatic rings. The number of furan rings is 1. The van der Waals surface area contributed by atoms with E-state index < -0.39 is 5.97 Å². The van der Waals surface area contributed by atoms with Crippen LogP contribution >= 0.6 is 0 Å². The fourth-order valence-corrected chi connectivity index (χ4v) is 0.510. The van der Waals surface area contributed by atoms with Crippen LogP contribution in [-0.2, 0) is 4.79 Å². The Labute approximate surface area is 57.0 Å². The zero-order chi connectivity index (χ0) is 7.56. The molecule has 0 fully saturated rings. The average molecular weight is 142 g/mol. The Morgan fingerprint density at radius 2 is 2.40 bits per heavy atom. The van der Waals surface area contributed by atoms with E-state index in [1.807, 2.05) is 0 Å². The van der Waals surface area contributed by atoms with Gasteiger partial charge in [-0.1, -0.05) is 0 Å². The van der Waals surface area contributed by atoms with Crippen molar-refractivity contribution in [3.05, 3.63) is 12.5 Å². The minimum absolute atomic E-state index is 0.0486. The zero-order valence-corrected chi connectivity index (χ0v) is 5.33. The van der Waals surface area contributed by atoms with Crippen molar-refractivity contribution in [2.45, 2.75) is 6.92 Å². The predicted molar refractivity (Wildman–Crippen MR) is 31.7 cm³/mol. The molecule has 4 heteroatoms. The third-order valence-corrected chi connectivity index (χ3v) is 0.861. The molecule has 10 heavy (non-hydrogen) atoms. The van der Waals surface area contributed by atoms with Crippen LogP contribution in [0.1, 0.15) is 6.92 Å². The van der Waals surface area contributed by atoms with Gasteiger partial charge in [0, 0.05) is 6.92 Å². The number of hydrogen-bond acceptors (Lipinski definition) is 4. The number of rotatable bonds is 1. The summed E-state index contributed by atoms with van der Waals surface area (Å²) in [5.74, 6) is -0.612. The fourth-order valence-electron chi connectivity index (χ4n) is 0.510. The number of carbonyl (C=O) groups is 1. The van der Waals surface area contributed by atoms with E-state index in [1.165, 1.54) is 6.92 Å². The molecule has 1 aromatic heterocycles. The van der Waals surface area contributed by atoms with Crippen LogP contribution in [0.2, 0.25) is 0 Å². The smallest absolute Gasteiger partial charge is 0.308 e. The number of carbonyl (C=O) groups excluding carboxylic acids is 1. The van der Waals surface area contributed by atoms with E-state index in [9.17, 15) is 4.79 Å². The van der Waals surface area contributed by atoms with Crippen molar-refractivity contribution >= 4 is 5.97 Å². The van der Waals surface area contributed by atoms with E-state index in [0.29, 0.717) is 0 Å². The van der Waals surface area contributed by atoms with Crippen molar-refractivity contribution in [1.29, 1.82) is 0 Å². The van der Waals surface area contributed by atoms with Crippen molar-refractivity contribution in [3.8, 4) is 11.5 Å². The summed E-state index contributed by atoms with van der Waals surface area (Å²) in [5.41, 5.74) is 0. The summed E-state index contributed by atoms with van der Waals surface area (Å²) in [5, 5.41) is 8.83. The Morgan fingerprint density at radius 3 is 2.80 bits per heavy atom. The quantitative estimate of drug-likeness (QED) is 0.592. The third-order valence-electron chi connectivity index (χ3n) is 0.861. The second-order valence-corrected chi connectivity index (χ2v) is 1.71. The lowest BCUT2D eigenvalue weighted by atomic mass is 10.5. The summed E-state index contributed by atoms with van der Waals surface area (Å²) in [7, 11) is 0. The van der Waals surface area contributed by atoms with E-state index in [0.717, 1.165) is 12.5 Å². The van der Waals surface area contributed by atoms with Crippen LogP contribution in [0.3, 0.4) is 0 Å². The topological polar surface area (TPSA) is 59.7 Å². The van der Waals surface area contributed by atoms with Gasteiger partial charge in [-0.25, -0.2) is 0 Å². The van der Waals surface area contributed by atoms with Gasteiger partial charge < -0.3 is 14.3 Å². The van der Waals surface area contributed by atoms with Gasteiger partial charge in [0.1, 0.15) is 12.5 Å². The van der Waals surface area contributed by atoms with Crippen molar-refractivity contribution in [1.82, 2.24) is 0 Å². The van der Waals surface area contributed by atoms with Gasteiger partial charge in [-0.3, -0.25) is 4.79 Å². The molecule has 54 valence electrons. The molecule has 0 unspecified atom stereocenters. The number of hydrogen-bond donors (Lipinski definition) is 1. The van der Waals surface area contributed by atoms with Gasteiger partial charge in [0.05, 0.1) is 0 Å². The minimum Gasteiger partial charge on any atom is -0.502 e. The minimum atomic E-state index is -0.489. The molecule has 1 rings (SSSR count). The second kappa shape index (κ2) is 2.43. The van der Waals surface area contributed by atoms with E-state index >= 15 is 0 Å². The van der Waals surface area contributed by atoms with Gasteiger partial charge >= 0.3 is 5.97 Å². The van der Waals surface area contributed by atoms with Crippen LogP contribution in [0.5, 0.6) is 11.5 Å². The summed E-state index contributed by atoms with van der Waals surface area (Å²) >= 11 is 0. The number of esters is 1. The first-order chi connectivity index (χ1) is 4.70. The Bertz CT molecular complexity index is 238. The highest BCUT2D eigenvalue weighted by molar-refractivity contribution is 5.69. The molecule has 0 atom stereocenters. The van der Waals surface area contributed by atoms with Crippen molar-refractivity contribution in [2.75, 3.05) is 0 Å². The van der Waals surface area contributed by atoms with Crippen LogP contribution in [0, 0.1) is 0 Å². The van der Waals surface area contributed by atoms with Gasteiger partial charge in [-0.2, -0.15) is 0 Å². The predicted octanol–water partition coefficient (Wildman–Crippen LogP) is 0.911. The van der Waals surface area contributed by atoms with E-state index in [1.54, 1.807) is 0 Å². The summed E-state index contributed by atoms with van der Waals surface area (Å²) < 4.78 is 9.02. The Hall–Kier alpha value is -1.45. The lowest BCUT2D eigenvalue weighted by Gasteiger charge is -1.94. The van der Waals surface area contributed by atoms with E-state index in [2.05, 4.69) is 9.15 Å². The van der Waals surface area contributed by atoms with Crippen molar-refractivity contribution < 1.29 is 19.1 Å². The van der Waals surface area contributed by atoms with Gasteiger partial charge in [0.2, 0.25) is 5.75 Å². The molecule has 0 aliphatic heterocycles. The van der Waals surface area contributed by atoms with E-state index in [4.69, 9.17) is 5.11 Å². The standard InChI is InChI=1S/C6H6O4/c1-4(7)10-6-3-9-2-5(6)8/h2-3,8H,1H3. The van der Waals surface area contributed by atoms with Gasteiger partial charge in [0.15, 0.2) is 5.75 Å². The van der Waals surface area contributed by atoms with Gasteiger partial charge in [0.25, 0.3) is 0 Å². The molecule has 0 bridgehead atoms. The highest BCUT2D eigenvalue weighted by atomic mass is 16.5. The molecule has 0 spiro atoms. The molecule has 0 radical (unpaired) electrons. The molecular weight excluding hydrogens is 136 g/mol. The maximum absolute atomic E-state index is 10.3. The molecule has 0 amide bonds. The summed E-state index contributed by atoms with van der Waals surface area (Å²) in [4.78, 5) is 10.3. The molecule has 1 aromatic rings. The normalized spacial score (nSPS) is 9.30. The SMILES string of the molecule is CC(=O)Oc1cocc1O. The van der Waals surface area contributed by atoms with Gasteiger partial charge in [-0.05, 0) is 0 Å². The third kappa shape index (κ3) is 1.28. The summed E-state index contributed by atoms with van der Waals surface area (Å²) in [6, 6.07) is 0. The molecule has 1 N–H and O–H groups in total. The zero-order valence-electron chi connectivity index (χ0n) is 5.33. The molecule has 4 nitrogen and oxygen atoms in total. The molecule has 0 aliphatic carbocycles. The first kappa shape index (κ1) is 6.67. The van der Waals surface area contributed by atoms with Crippen LogP contribution in [-0.4, -0.2) is 11.1 Å². The van der Waals surface area contributed by atoms with Crippen LogP contribution in [0.4, 0.5) is 0 Å². The fraction of sp³-hybridized carbons (Fsp3) is 0.167. The highest BCUT2D eigenvalue weighted by Crippen LogP contribution is 2.25. The number of aromatic hydroxyl groups is 1. The average Bonchev–Trinajstić information content (AvgIpc) is 2.15. The molecule has 0 aromatic carbocycles. The molecule has 0 saturated carbocycles. The van der Waals surface area contributed by atoms with Crippen LogP contribution < -0.4 is 4.74 Å². The van der Waals surface area contributed by atoms with Crippen LogP contribution in [0.15, 0.2) is 16.9 Å². The largest absolute Gasteiger partial charge is 0.502 e. The Balaban J connectivity index is 2.74. The molecule has 1 heterocycles. The Kier molecular flexibility index (Phi) is 1.62. The maximum Gasteiger partial charge on any atom is 0.308 e. The summed E-state index contributed by atoms with van der Waals surface area (Å²) in [6.07, 6.45) is 2.23. The second-order valence-electron chi connectivity index (χ2n) is 1.71. The highest BCUT2D eigenvalue weighted by Gasteiger charge is 2.05.